The van der Waals surface area contributed by atoms with E-state index in [1.807, 2.05) is 11.8 Å². The molecule has 0 bridgehead atoms. The third kappa shape index (κ3) is 2.62. The van der Waals surface area contributed by atoms with Gasteiger partial charge in [-0.3, -0.25) is 14.9 Å². The molecule has 2 rings (SSSR count). The van der Waals surface area contributed by atoms with Crippen molar-refractivity contribution in [3.63, 3.8) is 0 Å². The molecule has 1 N–H and O–H groups in total. The van der Waals surface area contributed by atoms with Crippen LogP contribution in [0.15, 0.2) is 0 Å². The average molecular weight is 230 g/mol. The third-order valence-electron chi connectivity index (χ3n) is 2.93. The summed E-state index contributed by atoms with van der Waals surface area (Å²) in [7, 11) is 0. The van der Waals surface area contributed by atoms with Crippen LogP contribution >= 0.6 is 11.8 Å². The first-order chi connectivity index (χ1) is 7.18. The van der Waals surface area contributed by atoms with Crippen LogP contribution in [0.3, 0.4) is 0 Å². The van der Waals surface area contributed by atoms with Crippen LogP contribution in [-0.2, 0) is 4.79 Å². The van der Waals surface area contributed by atoms with Gasteiger partial charge in [0.2, 0.25) is 11.9 Å². The number of nitrogens with zero attached hydrogens (tertiary/aromatic N) is 1. The molecule has 0 radical (unpaired) electrons. The summed E-state index contributed by atoms with van der Waals surface area (Å²) >= 11 is 1.90. The van der Waals surface area contributed by atoms with E-state index < -0.39 is 6.04 Å². The first kappa shape index (κ1) is 10.7. The molecule has 1 amide bonds. The summed E-state index contributed by atoms with van der Waals surface area (Å²) in [5, 5.41) is 13.3. The molecule has 15 heavy (non-hydrogen) atoms. The van der Waals surface area contributed by atoms with Gasteiger partial charge < -0.3 is 5.32 Å². The van der Waals surface area contributed by atoms with Crippen LogP contribution in [0, 0.1) is 16.0 Å². The van der Waals surface area contributed by atoms with E-state index in [1.165, 1.54) is 0 Å². The van der Waals surface area contributed by atoms with Crippen molar-refractivity contribution in [2.24, 2.45) is 5.92 Å². The Hall–Kier alpha value is -0.780. The number of hydrogen-bond donors (Lipinski definition) is 1. The molecule has 0 aromatic rings. The fraction of sp³-hybridized carbons (Fsp3) is 0.889. The van der Waals surface area contributed by atoms with Crippen molar-refractivity contribution in [3.8, 4) is 0 Å². The zero-order valence-electron chi connectivity index (χ0n) is 8.35. The molecule has 1 saturated heterocycles. The molecule has 6 heteroatoms. The highest BCUT2D eigenvalue weighted by Gasteiger charge is 2.53. The Kier molecular flexibility index (Phi) is 3.14. The molecule has 0 spiro atoms. The van der Waals surface area contributed by atoms with E-state index in [2.05, 4.69) is 5.32 Å². The largest absolute Gasteiger partial charge is 0.353 e. The zero-order chi connectivity index (χ0) is 10.8. The summed E-state index contributed by atoms with van der Waals surface area (Å²) in [6.45, 7) is 0. The average Bonchev–Trinajstić information content (AvgIpc) is 2.98. The predicted molar refractivity (Wildman–Crippen MR) is 57.4 cm³/mol. The van der Waals surface area contributed by atoms with E-state index in [9.17, 15) is 14.9 Å². The van der Waals surface area contributed by atoms with Crippen molar-refractivity contribution in [1.29, 1.82) is 0 Å². The Morgan fingerprint density at radius 3 is 2.60 bits per heavy atom. The molecular formula is C9H14N2O3S. The number of carbonyl (C=O) groups is 1. The van der Waals surface area contributed by atoms with Gasteiger partial charge in [-0.1, -0.05) is 0 Å². The molecular weight excluding hydrogens is 216 g/mol. The minimum absolute atomic E-state index is 0.117. The number of nitro groups is 1. The van der Waals surface area contributed by atoms with Crippen molar-refractivity contribution < 1.29 is 9.72 Å². The second kappa shape index (κ2) is 4.38. The predicted octanol–water partition coefficient (Wildman–Crippen LogP) is 0.663. The topological polar surface area (TPSA) is 72.2 Å². The summed E-state index contributed by atoms with van der Waals surface area (Å²) in [4.78, 5) is 21.6. The maximum Gasteiger partial charge on any atom is 0.230 e. The Labute approximate surface area is 92.1 Å². The van der Waals surface area contributed by atoms with Crippen molar-refractivity contribution >= 4 is 17.7 Å². The van der Waals surface area contributed by atoms with Gasteiger partial charge in [-0.25, -0.2) is 0 Å². The highest BCUT2D eigenvalue weighted by atomic mass is 32.2. The van der Waals surface area contributed by atoms with Gasteiger partial charge in [0, 0.05) is 17.4 Å². The van der Waals surface area contributed by atoms with Gasteiger partial charge in [0.25, 0.3) is 0 Å². The monoisotopic (exact) mass is 230 g/mol. The molecule has 2 atom stereocenters. The summed E-state index contributed by atoms with van der Waals surface area (Å²) in [5.74, 6) is 1.67. The molecule has 84 valence electrons. The van der Waals surface area contributed by atoms with Gasteiger partial charge in [-0.05, 0) is 24.3 Å². The van der Waals surface area contributed by atoms with E-state index >= 15 is 0 Å². The summed E-state index contributed by atoms with van der Waals surface area (Å²) in [5.41, 5.74) is 0. The third-order valence-corrected chi connectivity index (χ3v) is 3.98. The van der Waals surface area contributed by atoms with Gasteiger partial charge in [0.15, 0.2) is 0 Å². The first-order valence-corrected chi connectivity index (χ1v) is 6.35. The van der Waals surface area contributed by atoms with Crippen molar-refractivity contribution in [2.75, 3.05) is 11.5 Å². The second-order valence-electron chi connectivity index (χ2n) is 4.09. The lowest BCUT2D eigenvalue weighted by Crippen LogP contribution is -2.39. The lowest BCUT2D eigenvalue weighted by Gasteiger charge is -2.22. The quantitative estimate of drug-likeness (QED) is 0.571. The smallest absolute Gasteiger partial charge is 0.230 e. The van der Waals surface area contributed by atoms with Gasteiger partial charge >= 0.3 is 0 Å². The van der Waals surface area contributed by atoms with E-state index in [1.54, 1.807) is 0 Å². The van der Waals surface area contributed by atoms with Crippen molar-refractivity contribution in [1.82, 2.24) is 5.32 Å². The highest BCUT2D eigenvalue weighted by Crippen LogP contribution is 2.33. The molecule has 0 unspecified atom stereocenters. The maximum absolute atomic E-state index is 11.6. The highest BCUT2D eigenvalue weighted by molar-refractivity contribution is 7.99. The normalized spacial score (nSPS) is 30.9. The van der Waals surface area contributed by atoms with E-state index in [0.717, 1.165) is 24.3 Å². The second-order valence-corrected chi connectivity index (χ2v) is 5.31. The Morgan fingerprint density at radius 2 is 2.07 bits per heavy atom. The van der Waals surface area contributed by atoms with E-state index in [-0.39, 0.29) is 22.8 Å². The first-order valence-electron chi connectivity index (χ1n) is 5.20. The van der Waals surface area contributed by atoms with Crippen LogP contribution in [0.5, 0.6) is 0 Å². The summed E-state index contributed by atoms with van der Waals surface area (Å²) in [6, 6.07) is -0.380. The van der Waals surface area contributed by atoms with Gasteiger partial charge in [0.05, 0.1) is 0 Å². The number of amides is 1. The van der Waals surface area contributed by atoms with Gasteiger partial charge in [-0.2, -0.15) is 11.8 Å². The summed E-state index contributed by atoms with van der Waals surface area (Å²) in [6.07, 6.45) is 2.40. The fourth-order valence-corrected chi connectivity index (χ4v) is 2.95. The van der Waals surface area contributed by atoms with Gasteiger partial charge in [-0.15, -0.1) is 0 Å². The maximum atomic E-state index is 11.6. The van der Waals surface area contributed by atoms with Crippen LogP contribution in [-0.4, -0.2) is 34.4 Å². The minimum Gasteiger partial charge on any atom is -0.353 e. The molecule has 1 aliphatic heterocycles. The van der Waals surface area contributed by atoms with E-state index in [4.69, 9.17) is 0 Å². The Bertz CT molecular complexity index is 279. The zero-order valence-corrected chi connectivity index (χ0v) is 9.16. The standard InChI is InChI=1S/C9H14N2O3S/c12-9(7-5-8(7)11(13)14)10-6-1-3-15-4-2-6/h6-8H,1-5H2,(H,10,12)/t7-,8-/m0/s1. The van der Waals surface area contributed by atoms with Gasteiger partial charge in [0.1, 0.15) is 5.92 Å². The molecule has 0 aromatic heterocycles. The van der Waals surface area contributed by atoms with Crippen molar-refractivity contribution in [3.05, 3.63) is 10.1 Å². The van der Waals surface area contributed by atoms with Crippen LogP contribution < -0.4 is 5.32 Å². The molecule has 2 fully saturated rings. The lowest BCUT2D eigenvalue weighted by atomic mass is 10.1. The summed E-state index contributed by atoms with van der Waals surface area (Å²) < 4.78 is 0. The molecule has 5 nitrogen and oxygen atoms in total. The number of rotatable bonds is 3. The molecule has 2 aliphatic rings. The van der Waals surface area contributed by atoms with Crippen LogP contribution in [0.4, 0.5) is 0 Å². The Balaban J connectivity index is 1.75. The van der Waals surface area contributed by atoms with E-state index in [0.29, 0.717) is 6.42 Å². The van der Waals surface area contributed by atoms with Crippen LogP contribution in [0.25, 0.3) is 0 Å². The molecule has 0 aromatic carbocycles. The number of thioether (sulfide) groups is 1. The fourth-order valence-electron chi connectivity index (χ4n) is 1.85. The SMILES string of the molecule is O=C(NC1CCSCC1)[C@H]1C[C@@H]1[N+](=O)[O-]. The van der Waals surface area contributed by atoms with Crippen molar-refractivity contribution in [2.45, 2.75) is 31.3 Å². The number of carbonyl (C=O) groups excluding carboxylic acids is 1. The number of nitrogens with one attached hydrogen (secondary N) is 1. The molecule has 1 heterocycles. The minimum atomic E-state index is -0.622. The molecule has 1 aliphatic carbocycles. The number of hydrogen-bond acceptors (Lipinski definition) is 4. The molecule has 1 saturated carbocycles. The lowest BCUT2D eigenvalue weighted by molar-refractivity contribution is -0.497. The van der Waals surface area contributed by atoms with Crippen LogP contribution in [0.1, 0.15) is 19.3 Å². The Morgan fingerprint density at radius 1 is 1.40 bits per heavy atom. The van der Waals surface area contributed by atoms with Crippen LogP contribution in [0.2, 0.25) is 0 Å².